The summed E-state index contributed by atoms with van der Waals surface area (Å²) in [6, 6.07) is 1.80. The molecule has 196 valence electrons. The van der Waals surface area contributed by atoms with Crippen molar-refractivity contribution >= 4 is 15.1 Å². The molecular weight excluding hydrogens is 484 g/mol. The van der Waals surface area contributed by atoms with Crippen molar-refractivity contribution in [2.24, 2.45) is 5.92 Å². The number of likely N-dealkylation sites (tertiary alicyclic amines) is 1. The van der Waals surface area contributed by atoms with Crippen molar-refractivity contribution in [3.05, 3.63) is 47.2 Å². The standard InChI is InChI=1S/C25H35F5N3OP/c1-17(32-23(2)8-4-3-5-9-23)16-33-10-6-18(7-11-33)15-31-22(34)19-12-20(24(26,27)28)14-21(13-19)25(29,30)35/h12-14,18,32H,1,3-11,15-16,35H2,2H3,(H,31,34). The zero-order chi connectivity index (χ0) is 25.9. The number of alkyl halides is 5. The Hall–Kier alpha value is -1.73. The minimum atomic E-state index is -4.83. The first-order valence-electron chi connectivity index (χ1n) is 12.1. The van der Waals surface area contributed by atoms with Gasteiger partial charge in [0.1, 0.15) is 0 Å². The van der Waals surface area contributed by atoms with Crippen molar-refractivity contribution in [2.75, 3.05) is 26.2 Å². The van der Waals surface area contributed by atoms with E-state index in [1.54, 1.807) is 0 Å². The Morgan fingerprint density at radius 2 is 1.69 bits per heavy atom. The van der Waals surface area contributed by atoms with Crippen LogP contribution in [0.15, 0.2) is 30.5 Å². The number of nitrogens with zero attached hydrogens (tertiary/aromatic N) is 1. The van der Waals surface area contributed by atoms with Gasteiger partial charge in [-0.25, -0.2) is 0 Å². The van der Waals surface area contributed by atoms with E-state index in [9.17, 15) is 26.7 Å². The van der Waals surface area contributed by atoms with Crippen molar-refractivity contribution in [3.8, 4) is 0 Å². The molecule has 2 fully saturated rings. The van der Waals surface area contributed by atoms with Gasteiger partial charge in [0.25, 0.3) is 11.6 Å². The number of carbonyl (C=O) groups excluding carboxylic acids is 1. The average Bonchev–Trinajstić information content (AvgIpc) is 2.77. The molecule has 2 aliphatic rings. The number of benzene rings is 1. The van der Waals surface area contributed by atoms with Gasteiger partial charge in [-0.1, -0.05) is 35.1 Å². The van der Waals surface area contributed by atoms with Crippen LogP contribution in [0.3, 0.4) is 0 Å². The van der Waals surface area contributed by atoms with Gasteiger partial charge in [-0.05, 0) is 69.8 Å². The first kappa shape index (κ1) is 27.9. The molecule has 0 bridgehead atoms. The molecule has 1 amide bonds. The SMILES string of the molecule is C=C(CN1CCC(CNC(=O)c2cc(C(F)(F)F)cc(C(F)(F)P)c2)CC1)NC1(C)CCCCC1. The predicted molar refractivity (Wildman–Crippen MR) is 130 cm³/mol. The lowest BCUT2D eigenvalue weighted by atomic mass is 9.83. The third-order valence-electron chi connectivity index (χ3n) is 7.02. The number of halogens is 5. The van der Waals surface area contributed by atoms with Gasteiger partial charge >= 0.3 is 6.18 Å². The van der Waals surface area contributed by atoms with Gasteiger partial charge < -0.3 is 10.6 Å². The van der Waals surface area contributed by atoms with Gasteiger partial charge in [-0.3, -0.25) is 9.69 Å². The van der Waals surface area contributed by atoms with Crippen LogP contribution in [0.1, 0.15) is 73.4 Å². The van der Waals surface area contributed by atoms with E-state index >= 15 is 0 Å². The highest BCUT2D eigenvalue weighted by atomic mass is 31.0. The molecule has 3 rings (SSSR count). The van der Waals surface area contributed by atoms with Crippen LogP contribution in [0.25, 0.3) is 0 Å². The summed E-state index contributed by atoms with van der Waals surface area (Å²) in [6.07, 6.45) is 2.86. The van der Waals surface area contributed by atoms with Gasteiger partial charge in [-0.2, -0.15) is 22.0 Å². The lowest BCUT2D eigenvalue weighted by Gasteiger charge is -2.38. The maximum absolute atomic E-state index is 13.7. The highest BCUT2D eigenvalue weighted by Gasteiger charge is 2.35. The molecule has 1 aliphatic heterocycles. The summed E-state index contributed by atoms with van der Waals surface area (Å²) in [5.41, 5.74) is -5.02. The third-order valence-corrected chi connectivity index (χ3v) is 7.35. The number of rotatable bonds is 8. The first-order valence-corrected chi connectivity index (χ1v) is 12.7. The number of hydrogen-bond acceptors (Lipinski definition) is 3. The Morgan fingerprint density at radius 1 is 1.09 bits per heavy atom. The van der Waals surface area contributed by atoms with E-state index in [4.69, 9.17) is 0 Å². The molecule has 10 heteroatoms. The van der Waals surface area contributed by atoms with Gasteiger partial charge in [0.05, 0.1) is 5.56 Å². The summed E-state index contributed by atoms with van der Waals surface area (Å²) in [7, 11) is 1.21. The highest BCUT2D eigenvalue weighted by Crippen LogP contribution is 2.39. The van der Waals surface area contributed by atoms with E-state index in [1.807, 2.05) is 0 Å². The third kappa shape index (κ3) is 8.14. The first-order chi connectivity index (χ1) is 16.2. The van der Waals surface area contributed by atoms with E-state index in [0.717, 1.165) is 57.1 Å². The van der Waals surface area contributed by atoms with Crippen molar-refractivity contribution in [1.29, 1.82) is 0 Å². The van der Waals surface area contributed by atoms with E-state index in [0.29, 0.717) is 12.1 Å². The molecule has 1 heterocycles. The lowest BCUT2D eigenvalue weighted by Crippen LogP contribution is -2.46. The molecule has 1 atom stereocenters. The van der Waals surface area contributed by atoms with Gasteiger partial charge in [0.15, 0.2) is 0 Å². The van der Waals surface area contributed by atoms with Crippen molar-refractivity contribution < 1.29 is 26.7 Å². The second-order valence-electron chi connectivity index (χ2n) is 10.2. The maximum Gasteiger partial charge on any atom is 0.416 e. The molecule has 1 saturated heterocycles. The number of hydrogen-bond donors (Lipinski definition) is 2. The van der Waals surface area contributed by atoms with E-state index in [1.165, 1.54) is 28.5 Å². The highest BCUT2D eigenvalue weighted by molar-refractivity contribution is 7.17. The number of amides is 1. The van der Waals surface area contributed by atoms with E-state index in [-0.39, 0.29) is 18.0 Å². The van der Waals surface area contributed by atoms with Crippen LogP contribution in [0.5, 0.6) is 0 Å². The normalized spacial score (nSPS) is 19.9. The molecule has 0 radical (unpaired) electrons. The Kier molecular flexibility index (Phi) is 8.85. The second kappa shape index (κ2) is 11.1. The zero-order valence-corrected chi connectivity index (χ0v) is 21.3. The second-order valence-corrected chi connectivity index (χ2v) is 10.9. The summed E-state index contributed by atoms with van der Waals surface area (Å²) in [6.45, 7) is 9.14. The van der Waals surface area contributed by atoms with E-state index < -0.39 is 34.4 Å². The van der Waals surface area contributed by atoms with Crippen LogP contribution in [-0.2, 0) is 11.8 Å². The summed E-state index contributed by atoms with van der Waals surface area (Å²) in [5, 5.41) is 6.25. The predicted octanol–water partition coefficient (Wildman–Crippen LogP) is 5.90. The summed E-state index contributed by atoms with van der Waals surface area (Å²) in [4.78, 5) is 14.8. The molecule has 4 nitrogen and oxygen atoms in total. The van der Waals surface area contributed by atoms with Gasteiger partial charge in [-0.15, -0.1) is 0 Å². The topological polar surface area (TPSA) is 44.4 Å². The zero-order valence-electron chi connectivity index (χ0n) is 20.1. The Balaban J connectivity index is 1.49. The molecule has 1 saturated carbocycles. The Morgan fingerprint density at radius 3 is 2.26 bits per heavy atom. The smallest absolute Gasteiger partial charge is 0.383 e. The van der Waals surface area contributed by atoms with Crippen molar-refractivity contribution in [3.63, 3.8) is 0 Å². The fourth-order valence-corrected chi connectivity index (χ4v) is 5.16. The number of carbonyl (C=O) groups is 1. The minimum absolute atomic E-state index is 0.113. The van der Waals surface area contributed by atoms with Crippen LogP contribution in [0, 0.1) is 5.92 Å². The van der Waals surface area contributed by atoms with Crippen molar-refractivity contribution in [2.45, 2.75) is 69.2 Å². The van der Waals surface area contributed by atoms with Crippen LogP contribution in [0.4, 0.5) is 22.0 Å². The molecule has 1 aliphatic carbocycles. The van der Waals surface area contributed by atoms with Crippen LogP contribution in [0.2, 0.25) is 0 Å². The fourth-order valence-electron chi connectivity index (χ4n) is 5.00. The fraction of sp³-hybridized carbons (Fsp3) is 0.640. The summed E-state index contributed by atoms with van der Waals surface area (Å²) >= 11 is 0. The lowest BCUT2D eigenvalue weighted by molar-refractivity contribution is -0.137. The number of piperidine rings is 1. The van der Waals surface area contributed by atoms with Crippen LogP contribution >= 0.6 is 9.24 Å². The molecule has 2 N–H and O–H groups in total. The Bertz CT molecular complexity index is 869. The van der Waals surface area contributed by atoms with Crippen molar-refractivity contribution in [1.82, 2.24) is 15.5 Å². The summed E-state index contributed by atoms with van der Waals surface area (Å²) < 4.78 is 66.8. The monoisotopic (exact) mass is 519 g/mol. The largest absolute Gasteiger partial charge is 0.416 e. The molecule has 35 heavy (non-hydrogen) atoms. The average molecular weight is 520 g/mol. The molecule has 1 unspecified atom stereocenters. The Labute approximate surface area is 206 Å². The van der Waals surface area contributed by atoms with Crippen LogP contribution in [-0.4, -0.2) is 42.5 Å². The quantitative estimate of drug-likeness (QED) is 0.332. The number of nitrogens with one attached hydrogen (secondary N) is 2. The molecule has 0 aromatic heterocycles. The summed E-state index contributed by atoms with van der Waals surface area (Å²) in [5.74, 6) is -0.618. The minimum Gasteiger partial charge on any atom is -0.383 e. The maximum atomic E-state index is 13.7. The molecule has 1 aromatic rings. The van der Waals surface area contributed by atoms with Gasteiger partial charge in [0, 0.05) is 35.5 Å². The molecule has 0 spiro atoms. The van der Waals surface area contributed by atoms with Crippen LogP contribution < -0.4 is 10.6 Å². The van der Waals surface area contributed by atoms with Gasteiger partial charge in [0.2, 0.25) is 0 Å². The molecular formula is C25H35F5N3OP. The molecule has 1 aromatic carbocycles. The van der Waals surface area contributed by atoms with E-state index in [2.05, 4.69) is 29.0 Å².